The Morgan fingerprint density at radius 2 is 2.00 bits per heavy atom. The quantitative estimate of drug-likeness (QED) is 0.718. The minimum Gasteiger partial charge on any atom is -0.388 e. The number of fused-ring (bicyclic) bond motifs is 1. The van der Waals surface area contributed by atoms with Gasteiger partial charge in [0.1, 0.15) is 5.69 Å². The lowest BCUT2D eigenvalue weighted by atomic mass is 9.76. The number of piperidine rings is 1. The average molecular weight is 391 g/mol. The number of aliphatic hydroxyl groups is 1. The molecule has 9 heteroatoms. The number of nitrogens with zero attached hydrogens (tertiary/aromatic N) is 4. The molecule has 1 aromatic heterocycles. The van der Waals surface area contributed by atoms with E-state index in [0.29, 0.717) is 25.2 Å². The van der Waals surface area contributed by atoms with Crippen molar-refractivity contribution in [3.8, 4) is 0 Å². The van der Waals surface area contributed by atoms with E-state index in [1.165, 1.54) is 6.07 Å². The predicted octanol–water partition coefficient (Wildman–Crippen LogP) is -0.297. The summed E-state index contributed by atoms with van der Waals surface area (Å²) < 4.78 is 7.73. The first kappa shape index (κ1) is 19.4. The van der Waals surface area contributed by atoms with Crippen molar-refractivity contribution in [1.29, 1.82) is 0 Å². The van der Waals surface area contributed by atoms with Crippen LogP contribution in [0.3, 0.4) is 0 Å². The van der Waals surface area contributed by atoms with E-state index < -0.39 is 17.6 Å². The van der Waals surface area contributed by atoms with Gasteiger partial charge in [-0.1, -0.05) is 0 Å². The Bertz CT molecular complexity index is 781. The van der Waals surface area contributed by atoms with Crippen molar-refractivity contribution >= 4 is 11.8 Å². The number of hydrogen-bond donors (Lipinski definition) is 2. The van der Waals surface area contributed by atoms with Crippen molar-refractivity contribution < 1.29 is 19.4 Å². The van der Waals surface area contributed by atoms with Crippen LogP contribution in [0.15, 0.2) is 6.07 Å². The van der Waals surface area contributed by atoms with E-state index in [0.717, 1.165) is 25.9 Å². The molecule has 1 aromatic rings. The third-order valence-electron chi connectivity index (χ3n) is 6.42. The van der Waals surface area contributed by atoms with Crippen LogP contribution in [0.5, 0.6) is 0 Å². The van der Waals surface area contributed by atoms with E-state index >= 15 is 0 Å². The molecule has 2 atom stereocenters. The van der Waals surface area contributed by atoms with Crippen molar-refractivity contribution in [3.63, 3.8) is 0 Å². The number of rotatable bonds is 2. The van der Waals surface area contributed by atoms with Crippen LogP contribution in [0.1, 0.15) is 47.2 Å². The first-order valence-electron chi connectivity index (χ1n) is 9.88. The second-order valence-electron chi connectivity index (χ2n) is 8.72. The molecule has 2 saturated heterocycles. The molecular formula is C19H29N5O4. The SMILES string of the molecule is CN1CCC2(CC1)C[C@](C)(O)[C@@H](NC(=O)c1cc3n(n1)CCN(C)C3=O)CO2. The number of ether oxygens (including phenoxy) is 1. The number of likely N-dealkylation sites (N-methyl/N-ethyl adjacent to an activating group) is 1. The summed E-state index contributed by atoms with van der Waals surface area (Å²) in [5.41, 5.74) is -0.786. The summed E-state index contributed by atoms with van der Waals surface area (Å²) in [7, 11) is 3.82. The molecule has 0 unspecified atom stereocenters. The van der Waals surface area contributed by atoms with Crippen LogP contribution in [-0.4, -0.2) is 94.1 Å². The maximum absolute atomic E-state index is 12.7. The van der Waals surface area contributed by atoms with Gasteiger partial charge in [-0.3, -0.25) is 14.3 Å². The van der Waals surface area contributed by atoms with Crippen molar-refractivity contribution in [2.24, 2.45) is 0 Å². The standard InChI is InChI=1S/C19H29N5O4/c1-18(27)12-19(4-6-22(2)7-5-19)28-11-15(18)20-16(25)13-10-14-17(26)23(3)8-9-24(14)21-13/h10,15,27H,4-9,11-12H2,1-3H3,(H,20,25)/t15-,18-/m0/s1. The zero-order chi connectivity index (χ0) is 20.1. The van der Waals surface area contributed by atoms with Crippen molar-refractivity contribution in [2.45, 2.75) is 50.0 Å². The summed E-state index contributed by atoms with van der Waals surface area (Å²) in [6, 6.07) is 0.992. The highest BCUT2D eigenvalue weighted by Gasteiger charge is 2.49. The summed E-state index contributed by atoms with van der Waals surface area (Å²) in [4.78, 5) is 28.8. The van der Waals surface area contributed by atoms with Crippen LogP contribution < -0.4 is 5.32 Å². The molecule has 154 valence electrons. The zero-order valence-electron chi connectivity index (χ0n) is 16.8. The fraction of sp³-hybridized carbons (Fsp3) is 0.737. The van der Waals surface area contributed by atoms with Gasteiger partial charge in [0.2, 0.25) is 0 Å². The molecule has 0 bridgehead atoms. The number of carbonyl (C=O) groups excluding carboxylic acids is 2. The number of amides is 2. The smallest absolute Gasteiger partial charge is 0.272 e. The number of likely N-dealkylation sites (tertiary alicyclic amines) is 1. The van der Waals surface area contributed by atoms with E-state index in [1.54, 1.807) is 23.6 Å². The fourth-order valence-corrected chi connectivity index (χ4v) is 4.45. The van der Waals surface area contributed by atoms with Crippen molar-refractivity contribution in [3.05, 3.63) is 17.5 Å². The number of hydrogen-bond acceptors (Lipinski definition) is 6. The zero-order valence-corrected chi connectivity index (χ0v) is 16.8. The van der Waals surface area contributed by atoms with Gasteiger partial charge in [0, 0.05) is 39.2 Å². The van der Waals surface area contributed by atoms with Gasteiger partial charge in [0.25, 0.3) is 11.8 Å². The topological polar surface area (TPSA) is 99.9 Å². The number of aromatic nitrogens is 2. The molecule has 28 heavy (non-hydrogen) atoms. The molecule has 3 aliphatic rings. The summed E-state index contributed by atoms with van der Waals surface area (Å²) in [6.45, 7) is 5.03. The van der Waals surface area contributed by atoms with E-state index in [1.807, 2.05) is 0 Å². The molecule has 0 radical (unpaired) electrons. The van der Waals surface area contributed by atoms with Crippen LogP contribution in [0.4, 0.5) is 0 Å². The largest absolute Gasteiger partial charge is 0.388 e. The number of carbonyl (C=O) groups is 2. The van der Waals surface area contributed by atoms with Gasteiger partial charge in [-0.25, -0.2) is 0 Å². The minimum absolute atomic E-state index is 0.144. The maximum Gasteiger partial charge on any atom is 0.272 e. The summed E-state index contributed by atoms with van der Waals surface area (Å²) in [5, 5.41) is 18.2. The normalized spacial score (nSPS) is 30.4. The van der Waals surface area contributed by atoms with Gasteiger partial charge in [-0.15, -0.1) is 0 Å². The van der Waals surface area contributed by atoms with Crippen LogP contribution in [0, 0.1) is 0 Å². The molecule has 1 spiro atoms. The third-order valence-corrected chi connectivity index (χ3v) is 6.42. The highest BCUT2D eigenvalue weighted by atomic mass is 16.5. The highest BCUT2D eigenvalue weighted by molar-refractivity contribution is 5.98. The van der Waals surface area contributed by atoms with Gasteiger partial charge in [0.05, 0.1) is 30.4 Å². The molecule has 2 fully saturated rings. The van der Waals surface area contributed by atoms with Crippen molar-refractivity contribution in [1.82, 2.24) is 24.9 Å². The van der Waals surface area contributed by atoms with Crippen LogP contribution in [0.2, 0.25) is 0 Å². The summed E-state index contributed by atoms with van der Waals surface area (Å²) in [6.07, 6.45) is 2.25. The Hall–Kier alpha value is -1.97. The van der Waals surface area contributed by atoms with Gasteiger partial charge < -0.3 is 25.0 Å². The van der Waals surface area contributed by atoms with Gasteiger partial charge in [-0.2, -0.15) is 5.10 Å². The second kappa shape index (κ2) is 6.82. The number of nitrogens with one attached hydrogen (secondary N) is 1. The summed E-state index contributed by atoms with van der Waals surface area (Å²) >= 11 is 0. The second-order valence-corrected chi connectivity index (χ2v) is 8.72. The fourth-order valence-electron chi connectivity index (χ4n) is 4.45. The van der Waals surface area contributed by atoms with E-state index in [-0.39, 0.29) is 23.8 Å². The van der Waals surface area contributed by atoms with E-state index in [4.69, 9.17) is 4.74 Å². The van der Waals surface area contributed by atoms with Gasteiger partial charge >= 0.3 is 0 Å². The van der Waals surface area contributed by atoms with Gasteiger partial charge in [0.15, 0.2) is 5.69 Å². The minimum atomic E-state index is -1.07. The monoisotopic (exact) mass is 391 g/mol. The molecule has 9 nitrogen and oxygen atoms in total. The van der Waals surface area contributed by atoms with E-state index in [2.05, 4.69) is 22.4 Å². The van der Waals surface area contributed by atoms with Crippen LogP contribution in [0.25, 0.3) is 0 Å². The Balaban J connectivity index is 1.44. The lowest BCUT2D eigenvalue weighted by Gasteiger charge is -2.50. The lowest BCUT2D eigenvalue weighted by Crippen LogP contribution is -2.63. The molecule has 0 aliphatic carbocycles. The molecule has 4 heterocycles. The van der Waals surface area contributed by atoms with E-state index in [9.17, 15) is 14.7 Å². The molecule has 0 saturated carbocycles. The molecule has 4 rings (SSSR count). The van der Waals surface area contributed by atoms with Crippen LogP contribution >= 0.6 is 0 Å². The molecule has 2 amide bonds. The Morgan fingerprint density at radius 3 is 2.68 bits per heavy atom. The lowest BCUT2D eigenvalue weighted by molar-refractivity contribution is -0.185. The first-order chi connectivity index (χ1) is 13.2. The Kier molecular flexibility index (Phi) is 4.71. The maximum atomic E-state index is 12.7. The van der Waals surface area contributed by atoms with Crippen molar-refractivity contribution in [2.75, 3.05) is 40.3 Å². The molecule has 3 aliphatic heterocycles. The third kappa shape index (κ3) is 3.42. The first-order valence-corrected chi connectivity index (χ1v) is 9.88. The molecule has 2 N–H and O–H groups in total. The Morgan fingerprint density at radius 1 is 1.29 bits per heavy atom. The Labute approximate surface area is 164 Å². The van der Waals surface area contributed by atoms with Crippen LogP contribution in [-0.2, 0) is 11.3 Å². The average Bonchev–Trinajstić information content (AvgIpc) is 3.08. The van der Waals surface area contributed by atoms with Gasteiger partial charge in [-0.05, 0) is 26.8 Å². The highest BCUT2D eigenvalue weighted by Crippen LogP contribution is 2.39. The predicted molar refractivity (Wildman–Crippen MR) is 101 cm³/mol. The molecule has 0 aromatic carbocycles. The molecular weight excluding hydrogens is 362 g/mol. The summed E-state index contributed by atoms with van der Waals surface area (Å²) in [5.74, 6) is -0.541.